The van der Waals surface area contributed by atoms with Crippen molar-refractivity contribution in [2.75, 3.05) is 12.4 Å². The van der Waals surface area contributed by atoms with Gasteiger partial charge in [-0.05, 0) is 11.2 Å². The minimum atomic E-state index is -0.115. The Bertz CT molecular complexity index is 172. The molecule has 3 nitrogen and oxygen atoms in total. The van der Waals surface area contributed by atoms with Crippen molar-refractivity contribution in [3.63, 3.8) is 0 Å². The van der Waals surface area contributed by atoms with Crippen LogP contribution in [0.3, 0.4) is 0 Å². The summed E-state index contributed by atoms with van der Waals surface area (Å²) in [7, 11) is 0. The zero-order valence-electron chi connectivity index (χ0n) is 9.41. The van der Waals surface area contributed by atoms with Gasteiger partial charge in [0.25, 0.3) is 0 Å². The van der Waals surface area contributed by atoms with Crippen LogP contribution >= 0.6 is 11.8 Å². The van der Waals surface area contributed by atoms with Crippen LogP contribution in [0, 0.1) is 5.92 Å². The molecule has 0 aromatic carbocycles. The third-order valence-corrected chi connectivity index (χ3v) is 2.99. The molecule has 0 aliphatic carbocycles. The van der Waals surface area contributed by atoms with E-state index < -0.39 is 0 Å². The number of carbonyl (C=O) groups is 1. The van der Waals surface area contributed by atoms with Crippen molar-refractivity contribution in [3.05, 3.63) is 0 Å². The standard InChI is InChI=1S/C10H21NO2S/c1-7(2)9(5-12)11-10(13)6-14-8(3)4/h7-9,12H,5-6H2,1-4H3,(H,11,13)/t9-/m1/s1. The van der Waals surface area contributed by atoms with Gasteiger partial charge in [0.1, 0.15) is 0 Å². The number of hydrogen-bond donors (Lipinski definition) is 2. The number of rotatable bonds is 6. The molecule has 0 radical (unpaired) electrons. The molecule has 0 heterocycles. The van der Waals surface area contributed by atoms with Gasteiger partial charge in [0, 0.05) is 0 Å². The lowest BCUT2D eigenvalue weighted by Gasteiger charge is -2.19. The van der Waals surface area contributed by atoms with Gasteiger partial charge in [-0.25, -0.2) is 0 Å². The van der Waals surface area contributed by atoms with E-state index in [0.29, 0.717) is 11.0 Å². The normalized spacial score (nSPS) is 13.4. The molecule has 0 fully saturated rings. The molecule has 84 valence electrons. The second-order valence-corrected chi connectivity index (χ2v) is 5.53. The molecule has 0 saturated heterocycles. The number of hydrogen-bond acceptors (Lipinski definition) is 3. The number of thioether (sulfide) groups is 1. The van der Waals surface area contributed by atoms with Crippen molar-refractivity contribution in [2.45, 2.75) is 39.0 Å². The number of amides is 1. The van der Waals surface area contributed by atoms with Crippen molar-refractivity contribution in [2.24, 2.45) is 5.92 Å². The zero-order chi connectivity index (χ0) is 11.1. The summed E-state index contributed by atoms with van der Waals surface area (Å²) in [5.74, 6) is 0.755. The van der Waals surface area contributed by atoms with Crippen LogP contribution in [0.15, 0.2) is 0 Å². The van der Waals surface area contributed by atoms with Crippen LogP contribution in [0.25, 0.3) is 0 Å². The summed E-state index contributed by atoms with van der Waals surface area (Å²) < 4.78 is 0. The molecule has 0 saturated carbocycles. The highest BCUT2D eigenvalue weighted by molar-refractivity contribution is 8.00. The molecule has 0 aliphatic rings. The Morgan fingerprint density at radius 3 is 2.29 bits per heavy atom. The predicted molar refractivity (Wildman–Crippen MR) is 61.4 cm³/mol. The minimum Gasteiger partial charge on any atom is -0.394 e. The second kappa shape index (κ2) is 7.12. The highest BCUT2D eigenvalue weighted by Crippen LogP contribution is 2.08. The molecular weight excluding hydrogens is 198 g/mol. The average Bonchev–Trinajstić information content (AvgIpc) is 2.10. The molecule has 0 rings (SSSR count). The summed E-state index contributed by atoms with van der Waals surface area (Å²) in [6, 6.07) is -0.115. The summed E-state index contributed by atoms with van der Waals surface area (Å²) in [6.07, 6.45) is 0. The molecule has 0 unspecified atom stereocenters. The van der Waals surface area contributed by atoms with Gasteiger partial charge in [0.15, 0.2) is 0 Å². The van der Waals surface area contributed by atoms with Crippen LogP contribution in [-0.2, 0) is 4.79 Å². The van der Waals surface area contributed by atoms with Crippen molar-refractivity contribution in [3.8, 4) is 0 Å². The Labute approximate surface area is 90.7 Å². The van der Waals surface area contributed by atoms with E-state index in [1.54, 1.807) is 11.8 Å². The molecule has 0 aromatic heterocycles. The molecule has 0 bridgehead atoms. The first-order chi connectivity index (χ1) is 6.47. The molecule has 2 N–H and O–H groups in total. The maximum atomic E-state index is 11.4. The van der Waals surface area contributed by atoms with Crippen LogP contribution in [0.4, 0.5) is 0 Å². The van der Waals surface area contributed by atoms with E-state index in [-0.39, 0.29) is 24.5 Å². The molecule has 1 atom stereocenters. The Kier molecular flexibility index (Phi) is 7.01. The lowest BCUT2D eigenvalue weighted by Crippen LogP contribution is -2.42. The summed E-state index contributed by atoms with van der Waals surface area (Å²) >= 11 is 1.61. The SMILES string of the molecule is CC(C)SCC(=O)N[C@H](CO)C(C)C. The van der Waals surface area contributed by atoms with Crippen LogP contribution in [0.5, 0.6) is 0 Å². The molecule has 4 heteroatoms. The first-order valence-electron chi connectivity index (χ1n) is 4.99. The zero-order valence-corrected chi connectivity index (χ0v) is 10.2. The van der Waals surface area contributed by atoms with Crippen LogP contribution in [-0.4, -0.2) is 34.7 Å². The quantitative estimate of drug-likeness (QED) is 0.707. The fraction of sp³-hybridized carbons (Fsp3) is 0.900. The van der Waals surface area contributed by atoms with E-state index in [9.17, 15) is 4.79 Å². The summed E-state index contributed by atoms with van der Waals surface area (Å²) in [6.45, 7) is 8.09. The molecule has 0 aliphatic heterocycles. The van der Waals surface area contributed by atoms with E-state index in [2.05, 4.69) is 19.2 Å². The van der Waals surface area contributed by atoms with Crippen molar-refractivity contribution >= 4 is 17.7 Å². The Morgan fingerprint density at radius 1 is 1.36 bits per heavy atom. The fourth-order valence-electron chi connectivity index (χ4n) is 0.914. The fourth-order valence-corrected chi connectivity index (χ4v) is 1.48. The number of aliphatic hydroxyl groups excluding tert-OH is 1. The number of nitrogens with one attached hydrogen (secondary N) is 1. The third-order valence-electron chi connectivity index (χ3n) is 1.90. The second-order valence-electron chi connectivity index (χ2n) is 3.96. The molecule has 0 spiro atoms. The van der Waals surface area contributed by atoms with Crippen molar-refractivity contribution in [1.29, 1.82) is 0 Å². The summed E-state index contributed by atoms with van der Waals surface area (Å²) in [5.41, 5.74) is 0. The van der Waals surface area contributed by atoms with Gasteiger partial charge in [-0.3, -0.25) is 4.79 Å². The topological polar surface area (TPSA) is 49.3 Å². The lowest BCUT2D eigenvalue weighted by atomic mass is 10.1. The van der Waals surface area contributed by atoms with E-state index in [1.165, 1.54) is 0 Å². The molecular formula is C10H21NO2S. The van der Waals surface area contributed by atoms with E-state index in [4.69, 9.17) is 5.11 Å². The van der Waals surface area contributed by atoms with Gasteiger partial charge in [0.2, 0.25) is 5.91 Å². The summed E-state index contributed by atoms with van der Waals surface area (Å²) in [5, 5.41) is 12.3. The van der Waals surface area contributed by atoms with Gasteiger partial charge < -0.3 is 10.4 Å². The maximum absolute atomic E-state index is 11.4. The molecule has 0 aromatic rings. The van der Waals surface area contributed by atoms with Crippen LogP contribution in [0.1, 0.15) is 27.7 Å². The third kappa shape index (κ3) is 6.27. The van der Waals surface area contributed by atoms with Gasteiger partial charge in [-0.2, -0.15) is 0 Å². The van der Waals surface area contributed by atoms with E-state index in [0.717, 1.165) is 0 Å². The van der Waals surface area contributed by atoms with Crippen molar-refractivity contribution < 1.29 is 9.90 Å². The highest BCUT2D eigenvalue weighted by Gasteiger charge is 2.14. The van der Waals surface area contributed by atoms with Crippen LogP contribution in [0.2, 0.25) is 0 Å². The Morgan fingerprint density at radius 2 is 1.93 bits per heavy atom. The maximum Gasteiger partial charge on any atom is 0.230 e. The van der Waals surface area contributed by atoms with Crippen molar-refractivity contribution in [1.82, 2.24) is 5.32 Å². The summed E-state index contributed by atoms with van der Waals surface area (Å²) in [4.78, 5) is 11.4. The van der Waals surface area contributed by atoms with E-state index >= 15 is 0 Å². The smallest absolute Gasteiger partial charge is 0.230 e. The van der Waals surface area contributed by atoms with Gasteiger partial charge in [-0.15, -0.1) is 11.8 Å². The predicted octanol–water partition coefficient (Wildman–Crippen LogP) is 1.26. The molecule has 1 amide bonds. The first kappa shape index (κ1) is 13.8. The van der Waals surface area contributed by atoms with Gasteiger partial charge in [-0.1, -0.05) is 27.7 Å². The Balaban J connectivity index is 3.79. The number of aliphatic hydroxyl groups is 1. The lowest BCUT2D eigenvalue weighted by molar-refractivity contribution is -0.119. The van der Waals surface area contributed by atoms with E-state index in [1.807, 2.05) is 13.8 Å². The number of carbonyl (C=O) groups excluding carboxylic acids is 1. The van der Waals surface area contributed by atoms with Gasteiger partial charge in [0.05, 0.1) is 18.4 Å². The molecule has 14 heavy (non-hydrogen) atoms. The largest absolute Gasteiger partial charge is 0.394 e. The minimum absolute atomic E-state index is 0.00967. The van der Waals surface area contributed by atoms with Gasteiger partial charge >= 0.3 is 0 Å². The monoisotopic (exact) mass is 219 g/mol. The highest BCUT2D eigenvalue weighted by atomic mass is 32.2. The van der Waals surface area contributed by atoms with Crippen LogP contribution < -0.4 is 5.32 Å². The average molecular weight is 219 g/mol. The first-order valence-corrected chi connectivity index (χ1v) is 6.04. The Hall–Kier alpha value is -0.220.